The van der Waals surface area contributed by atoms with Crippen LogP contribution >= 0.6 is 0 Å². The fraction of sp³-hybridized carbons (Fsp3) is 0.800. The Kier molecular flexibility index (Phi) is 3.01. The molecule has 0 aromatic carbocycles. The van der Waals surface area contributed by atoms with Crippen LogP contribution in [-0.2, 0) is 0 Å². The molecule has 0 amide bonds. The number of hydrogen-bond acceptors (Lipinski definition) is 2. The van der Waals surface area contributed by atoms with Crippen molar-refractivity contribution < 1.29 is 0 Å². The summed E-state index contributed by atoms with van der Waals surface area (Å²) in [5, 5.41) is 8.48. The first-order chi connectivity index (χ1) is 5.58. The van der Waals surface area contributed by atoms with Gasteiger partial charge in [-0.05, 0) is 46.5 Å². The van der Waals surface area contributed by atoms with Crippen molar-refractivity contribution in [2.24, 2.45) is 10.2 Å². The highest BCUT2D eigenvalue weighted by Crippen LogP contribution is 2.20. The van der Waals surface area contributed by atoms with Gasteiger partial charge in [0.05, 0.1) is 11.2 Å². The van der Waals surface area contributed by atoms with Crippen LogP contribution in [0, 0.1) is 0 Å². The summed E-state index contributed by atoms with van der Waals surface area (Å²) < 4.78 is 0. The first-order valence-electron chi connectivity index (χ1n) is 4.70. The van der Waals surface area contributed by atoms with Gasteiger partial charge in [0.1, 0.15) is 0 Å². The van der Waals surface area contributed by atoms with Crippen LogP contribution in [0.25, 0.3) is 0 Å². The minimum atomic E-state index is -0.0295. The van der Waals surface area contributed by atoms with Crippen LogP contribution < -0.4 is 0 Å². The lowest BCUT2D eigenvalue weighted by atomic mass is 10.1. The van der Waals surface area contributed by atoms with Crippen LogP contribution in [0.15, 0.2) is 22.0 Å². The zero-order chi connectivity index (χ0) is 9.03. The number of rotatable bonds is 1. The van der Waals surface area contributed by atoms with Gasteiger partial charge < -0.3 is 0 Å². The van der Waals surface area contributed by atoms with Crippen LogP contribution in [0.3, 0.4) is 0 Å². The molecule has 2 nitrogen and oxygen atoms in total. The first kappa shape index (κ1) is 9.43. The SMILES string of the molecule is CC(C)(C)N=NC1=CCCCC1. The summed E-state index contributed by atoms with van der Waals surface area (Å²) in [6.45, 7) is 6.21. The van der Waals surface area contributed by atoms with Gasteiger partial charge in [0.15, 0.2) is 0 Å². The molecular formula is C10H18N2. The minimum absolute atomic E-state index is 0.0295. The van der Waals surface area contributed by atoms with Crippen molar-refractivity contribution >= 4 is 0 Å². The Morgan fingerprint density at radius 3 is 2.50 bits per heavy atom. The highest BCUT2D eigenvalue weighted by Gasteiger charge is 2.08. The van der Waals surface area contributed by atoms with Crippen molar-refractivity contribution in [3.63, 3.8) is 0 Å². The van der Waals surface area contributed by atoms with Crippen molar-refractivity contribution in [1.82, 2.24) is 0 Å². The van der Waals surface area contributed by atoms with E-state index in [1.165, 1.54) is 25.0 Å². The summed E-state index contributed by atoms with van der Waals surface area (Å²) >= 11 is 0. The van der Waals surface area contributed by atoms with Crippen LogP contribution in [-0.4, -0.2) is 5.54 Å². The maximum Gasteiger partial charge on any atom is 0.0736 e. The van der Waals surface area contributed by atoms with E-state index in [4.69, 9.17) is 0 Å². The number of allylic oxidation sites excluding steroid dienone is 2. The fourth-order valence-corrected chi connectivity index (χ4v) is 1.13. The quantitative estimate of drug-likeness (QED) is 0.531. The van der Waals surface area contributed by atoms with E-state index in [0.717, 1.165) is 6.42 Å². The normalized spacial score (nSPS) is 19.8. The van der Waals surface area contributed by atoms with E-state index in [2.05, 4.69) is 37.1 Å². The summed E-state index contributed by atoms with van der Waals surface area (Å²) in [7, 11) is 0. The Bertz CT molecular complexity index is 196. The summed E-state index contributed by atoms with van der Waals surface area (Å²) in [5.41, 5.74) is 1.15. The Labute approximate surface area is 74.8 Å². The van der Waals surface area contributed by atoms with Gasteiger partial charge in [-0.1, -0.05) is 6.08 Å². The van der Waals surface area contributed by atoms with Crippen molar-refractivity contribution in [3.8, 4) is 0 Å². The molecule has 0 heterocycles. The van der Waals surface area contributed by atoms with E-state index in [1.54, 1.807) is 0 Å². The standard InChI is InChI=1S/C10H18N2/c1-10(2,3)12-11-9-7-5-4-6-8-9/h7H,4-6,8H2,1-3H3. The Hall–Kier alpha value is -0.660. The lowest BCUT2D eigenvalue weighted by Crippen LogP contribution is -2.08. The Morgan fingerprint density at radius 1 is 1.25 bits per heavy atom. The van der Waals surface area contributed by atoms with Crippen molar-refractivity contribution in [2.75, 3.05) is 0 Å². The smallest absolute Gasteiger partial charge is 0.0736 e. The Balaban J connectivity index is 2.49. The van der Waals surface area contributed by atoms with Crippen LogP contribution in [0.2, 0.25) is 0 Å². The summed E-state index contributed by atoms with van der Waals surface area (Å²) in [5.74, 6) is 0. The molecule has 0 saturated heterocycles. The topological polar surface area (TPSA) is 24.7 Å². The van der Waals surface area contributed by atoms with Gasteiger partial charge >= 0.3 is 0 Å². The highest BCUT2D eigenvalue weighted by atomic mass is 15.1. The fourth-order valence-electron chi connectivity index (χ4n) is 1.13. The third-order valence-corrected chi connectivity index (χ3v) is 1.75. The van der Waals surface area contributed by atoms with Gasteiger partial charge in [-0.2, -0.15) is 10.2 Å². The van der Waals surface area contributed by atoms with E-state index in [0.29, 0.717) is 0 Å². The molecule has 0 aromatic heterocycles. The molecule has 0 fully saturated rings. The predicted octanol–water partition coefficient (Wildman–Crippen LogP) is 3.70. The largest absolute Gasteiger partial charge is 0.183 e. The van der Waals surface area contributed by atoms with Crippen LogP contribution in [0.4, 0.5) is 0 Å². The van der Waals surface area contributed by atoms with E-state index in [9.17, 15) is 0 Å². The maximum absolute atomic E-state index is 4.24. The number of azo groups is 1. The molecule has 68 valence electrons. The molecule has 2 heteroatoms. The van der Waals surface area contributed by atoms with Gasteiger partial charge in [-0.15, -0.1) is 0 Å². The van der Waals surface area contributed by atoms with E-state index >= 15 is 0 Å². The summed E-state index contributed by atoms with van der Waals surface area (Å²) in [4.78, 5) is 0. The Morgan fingerprint density at radius 2 is 2.00 bits per heavy atom. The molecule has 0 atom stereocenters. The lowest BCUT2D eigenvalue weighted by Gasteiger charge is -2.11. The molecule has 0 unspecified atom stereocenters. The molecule has 0 bridgehead atoms. The maximum atomic E-state index is 4.24. The monoisotopic (exact) mass is 166 g/mol. The summed E-state index contributed by atoms with van der Waals surface area (Å²) in [6, 6.07) is 0. The van der Waals surface area contributed by atoms with Gasteiger partial charge in [0.25, 0.3) is 0 Å². The van der Waals surface area contributed by atoms with Gasteiger partial charge in [-0.3, -0.25) is 0 Å². The zero-order valence-electron chi connectivity index (χ0n) is 8.30. The van der Waals surface area contributed by atoms with Crippen molar-refractivity contribution in [1.29, 1.82) is 0 Å². The number of hydrogen-bond donors (Lipinski definition) is 0. The predicted molar refractivity (Wildman–Crippen MR) is 51.2 cm³/mol. The molecule has 0 radical (unpaired) electrons. The number of nitrogens with zero attached hydrogens (tertiary/aromatic N) is 2. The third-order valence-electron chi connectivity index (χ3n) is 1.75. The van der Waals surface area contributed by atoms with E-state index in [-0.39, 0.29) is 5.54 Å². The molecule has 0 N–H and O–H groups in total. The van der Waals surface area contributed by atoms with Gasteiger partial charge in [0, 0.05) is 0 Å². The molecule has 0 aliphatic heterocycles. The van der Waals surface area contributed by atoms with Crippen LogP contribution in [0.5, 0.6) is 0 Å². The second-order valence-corrected chi connectivity index (χ2v) is 4.31. The average molecular weight is 166 g/mol. The zero-order valence-corrected chi connectivity index (χ0v) is 8.30. The second kappa shape index (κ2) is 3.83. The van der Waals surface area contributed by atoms with E-state index < -0.39 is 0 Å². The van der Waals surface area contributed by atoms with E-state index in [1.807, 2.05) is 0 Å². The molecule has 1 aliphatic carbocycles. The van der Waals surface area contributed by atoms with Crippen LogP contribution in [0.1, 0.15) is 46.5 Å². The molecule has 0 saturated carbocycles. The molecule has 1 aliphatic rings. The average Bonchev–Trinajstić information content (AvgIpc) is 2.02. The molecule has 0 spiro atoms. The van der Waals surface area contributed by atoms with Gasteiger partial charge in [-0.25, -0.2) is 0 Å². The third kappa shape index (κ3) is 3.65. The van der Waals surface area contributed by atoms with Gasteiger partial charge in [0.2, 0.25) is 0 Å². The van der Waals surface area contributed by atoms with Crippen molar-refractivity contribution in [3.05, 3.63) is 11.8 Å². The molecule has 0 aromatic rings. The van der Waals surface area contributed by atoms with Crippen molar-refractivity contribution in [2.45, 2.75) is 52.0 Å². The second-order valence-electron chi connectivity index (χ2n) is 4.31. The molecule has 12 heavy (non-hydrogen) atoms. The highest BCUT2D eigenvalue weighted by molar-refractivity contribution is 5.02. The minimum Gasteiger partial charge on any atom is -0.183 e. The lowest BCUT2D eigenvalue weighted by molar-refractivity contribution is 0.541. The molecule has 1 rings (SSSR count). The summed E-state index contributed by atoms with van der Waals surface area (Å²) in [6.07, 6.45) is 7.08. The molecular weight excluding hydrogens is 148 g/mol. The first-order valence-corrected chi connectivity index (χ1v) is 4.70.